The summed E-state index contributed by atoms with van der Waals surface area (Å²) in [5.74, 6) is -3.61. The molecule has 1 heterocycles. The minimum atomic E-state index is -1.28. The Balaban J connectivity index is 2.56. The van der Waals surface area contributed by atoms with Crippen molar-refractivity contribution in [3.63, 3.8) is 0 Å². The van der Waals surface area contributed by atoms with Crippen LogP contribution in [0.3, 0.4) is 0 Å². The molecule has 1 aliphatic heterocycles. The summed E-state index contributed by atoms with van der Waals surface area (Å²) in [5, 5.41) is 11.4. The van der Waals surface area contributed by atoms with Gasteiger partial charge in [-0.1, -0.05) is 0 Å². The number of carboxylic acid groups (broad SMARTS) is 1. The Morgan fingerprint density at radius 1 is 0.977 bits per heavy atom. The molecule has 0 spiro atoms. The minimum Gasteiger partial charge on any atom is -0.480 e. The molecule has 1 fully saturated rings. The van der Waals surface area contributed by atoms with Crippen LogP contribution >= 0.6 is 11.8 Å². The average Bonchev–Trinajstić information content (AvgIpc) is 3.20. The van der Waals surface area contributed by atoms with Crippen molar-refractivity contribution in [2.24, 2.45) is 5.73 Å². The second kappa shape index (κ2) is 21.3. The predicted octanol–water partition coefficient (Wildman–Crippen LogP) is -1.01. The molecule has 0 aromatic rings. The highest BCUT2D eigenvalue weighted by Gasteiger charge is 2.49. The second-order valence-corrected chi connectivity index (χ2v) is 11.5. The Hall–Kier alpha value is -3.41. The van der Waals surface area contributed by atoms with Gasteiger partial charge in [-0.15, -0.1) is 11.8 Å². The first-order valence-electron chi connectivity index (χ1n) is 14.0. The Bertz CT molecular complexity index is 1010. The number of amides is 3. The Morgan fingerprint density at radius 3 is 2.27 bits per heavy atom. The zero-order valence-corrected chi connectivity index (χ0v) is 25.5. The van der Waals surface area contributed by atoms with Crippen molar-refractivity contribution in [1.82, 2.24) is 10.2 Å². The van der Waals surface area contributed by atoms with Crippen molar-refractivity contribution in [2.45, 2.75) is 68.7 Å². The molecule has 1 rings (SSSR count). The van der Waals surface area contributed by atoms with Crippen molar-refractivity contribution < 1.29 is 62.4 Å². The van der Waals surface area contributed by atoms with Crippen LogP contribution < -0.4 is 11.1 Å². The van der Waals surface area contributed by atoms with Crippen molar-refractivity contribution in [3.8, 4) is 0 Å². The number of imide groups is 1. The number of carbonyl (C=O) groups is 8. The smallest absolute Gasteiger partial charge is 0.320 e. The molecule has 0 bridgehead atoms. The summed E-state index contributed by atoms with van der Waals surface area (Å²) < 4.78 is 18.3. The van der Waals surface area contributed by atoms with Crippen molar-refractivity contribution in [2.75, 3.05) is 51.9 Å². The van der Waals surface area contributed by atoms with Gasteiger partial charge in [-0.05, 0) is 19.8 Å². The molecule has 0 radical (unpaired) electrons. The summed E-state index contributed by atoms with van der Waals surface area (Å²) in [4.78, 5) is 95.6. The SMILES string of the molecule is CC1(SCC(NC(=O)CCC(N)C(=O)O)C(=O)CCOC=O)CC(=O)N(CCC(=O)CCCOCCOCCOC=O)C1=O. The Morgan fingerprint density at radius 2 is 1.61 bits per heavy atom. The lowest BCUT2D eigenvalue weighted by atomic mass is 10.1. The molecule has 3 atom stereocenters. The summed E-state index contributed by atoms with van der Waals surface area (Å²) in [6.07, 6.45) is -0.182. The van der Waals surface area contributed by atoms with Crippen LogP contribution in [0.25, 0.3) is 0 Å². The van der Waals surface area contributed by atoms with Gasteiger partial charge >= 0.3 is 5.97 Å². The zero-order valence-electron chi connectivity index (χ0n) is 24.7. The lowest BCUT2D eigenvalue weighted by Gasteiger charge is -2.25. The maximum atomic E-state index is 13.2. The predicted molar refractivity (Wildman–Crippen MR) is 153 cm³/mol. The fourth-order valence-corrected chi connectivity index (χ4v) is 5.21. The molecule has 1 aliphatic rings. The van der Waals surface area contributed by atoms with E-state index in [1.807, 2.05) is 0 Å². The van der Waals surface area contributed by atoms with E-state index >= 15 is 0 Å². The monoisotopic (exact) mass is 647 g/mol. The number of nitrogens with one attached hydrogen (secondary N) is 1. The number of carboxylic acids is 1. The van der Waals surface area contributed by atoms with Crippen LogP contribution in [0, 0.1) is 0 Å². The van der Waals surface area contributed by atoms with E-state index in [1.165, 1.54) is 0 Å². The molecular formula is C27H41N3O13S. The molecule has 3 amide bonds. The van der Waals surface area contributed by atoms with Crippen LogP contribution in [-0.2, 0) is 57.3 Å². The number of nitrogens with two attached hydrogens (primary N) is 1. The van der Waals surface area contributed by atoms with Gasteiger partial charge in [0.15, 0.2) is 5.78 Å². The Labute approximate surface area is 259 Å². The molecule has 0 saturated carbocycles. The van der Waals surface area contributed by atoms with E-state index in [4.69, 9.17) is 20.3 Å². The summed E-state index contributed by atoms with van der Waals surface area (Å²) in [5.41, 5.74) is 5.43. The molecule has 16 nitrogen and oxygen atoms in total. The number of aliphatic carboxylic acids is 1. The van der Waals surface area contributed by atoms with E-state index in [9.17, 15) is 38.4 Å². The van der Waals surface area contributed by atoms with E-state index in [0.29, 0.717) is 32.7 Å². The number of hydrogen-bond acceptors (Lipinski definition) is 14. The fraction of sp³-hybridized carbons (Fsp3) is 0.704. The maximum absolute atomic E-state index is 13.2. The summed E-state index contributed by atoms with van der Waals surface area (Å²) in [6, 6.07) is -2.37. The van der Waals surface area contributed by atoms with E-state index in [2.05, 4.69) is 14.8 Å². The highest BCUT2D eigenvalue weighted by molar-refractivity contribution is 8.01. The van der Waals surface area contributed by atoms with Crippen molar-refractivity contribution >= 4 is 60.0 Å². The zero-order chi connectivity index (χ0) is 33.0. The first kappa shape index (κ1) is 38.6. The number of rotatable bonds is 27. The van der Waals surface area contributed by atoms with Crippen LogP contribution in [0.4, 0.5) is 0 Å². The van der Waals surface area contributed by atoms with Crippen LogP contribution in [0.5, 0.6) is 0 Å². The third-order valence-corrected chi connectivity index (χ3v) is 7.91. The number of Topliss-reactive ketones (excluding diaryl/α,β-unsaturated/α-hetero) is 2. The topological polar surface area (TPSA) is 235 Å². The molecule has 44 heavy (non-hydrogen) atoms. The standard InChI is InChI=1S/C27H41N3O13S/c1-27(44-16-21(22(34)7-10-42-17-31)29-23(35)5-4-20(28)25(37)38)15-24(36)30(26(27)39)8-6-19(33)3-2-9-40-11-12-41-13-14-43-18-32/h17-18,20-21H,2-16,28H2,1H3,(H,29,35)(H,37,38). The largest absolute Gasteiger partial charge is 0.480 e. The number of nitrogens with zero attached hydrogens (tertiary/aromatic N) is 1. The summed E-state index contributed by atoms with van der Waals surface area (Å²) in [7, 11) is 0. The highest BCUT2D eigenvalue weighted by Crippen LogP contribution is 2.37. The van der Waals surface area contributed by atoms with Crippen LogP contribution in [0.1, 0.15) is 51.9 Å². The van der Waals surface area contributed by atoms with E-state index in [1.54, 1.807) is 6.92 Å². The lowest BCUT2D eigenvalue weighted by Crippen LogP contribution is -2.45. The van der Waals surface area contributed by atoms with Gasteiger partial charge in [-0.3, -0.25) is 43.3 Å². The third-order valence-electron chi connectivity index (χ3n) is 6.46. The quantitative estimate of drug-likeness (QED) is 0.0550. The van der Waals surface area contributed by atoms with Gasteiger partial charge in [-0.25, -0.2) is 0 Å². The molecule has 0 aliphatic carbocycles. The number of hydrogen-bond donors (Lipinski definition) is 3. The molecule has 0 aromatic heterocycles. The van der Waals surface area contributed by atoms with Crippen molar-refractivity contribution in [1.29, 1.82) is 0 Å². The minimum absolute atomic E-state index is 0.0234. The third kappa shape index (κ3) is 14.9. The second-order valence-electron chi connectivity index (χ2n) is 9.94. The van der Waals surface area contributed by atoms with Gasteiger partial charge < -0.3 is 35.1 Å². The van der Waals surface area contributed by atoms with Crippen molar-refractivity contribution in [3.05, 3.63) is 0 Å². The van der Waals surface area contributed by atoms with Crippen LogP contribution in [0.2, 0.25) is 0 Å². The van der Waals surface area contributed by atoms with Gasteiger partial charge in [0, 0.05) is 44.6 Å². The van der Waals surface area contributed by atoms with Gasteiger partial charge in [0.2, 0.25) is 17.7 Å². The molecule has 1 saturated heterocycles. The van der Waals surface area contributed by atoms with Gasteiger partial charge in [0.25, 0.3) is 12.9 Å². The van der Waals surface area contributed by atoms with E-state index in [0.717, 1.165) is 16.7 Å². The first-order chi connectivity index (χ1) is 20.9. The number of thioether (sulfide) groups is 1. The lowest BCUT2D eigenvalue weighted by molar-refractivity contribution is -0.140. The van der Waals surface area contributed by atoms with Gasteiger partial charge in [-0.2, -0.15) is 0 Å². The highest BCUT2D eigenvalue weighted by atomic mass is 32.2. The molecule has 0 aromatic carbocycles. The van der Waals surface area contributed by atoms with E-state index < -0.39 is 46.3 Å². The maximum Gasteiger partial charge on any atom is 0.320 e. The molecule has 3 unspecified atom stereocenters. The summed E-state index contributed by atoms with van der Waals surface area (Å²) in [6.45, 7) is 3.09. The average molecular weight is 648 g/mol. The van der Waals surface area contributed by atoms with Gasteiger partial charge in [0.1, 0.15) is 23.2 Å². The number of carbonyl (C=O) groups excluding carboxylic acids is 7. The molecule has 17 heteroatoms. The van der Waals surface area contributed by atoms with Crippen LogP contribution in [-0.4, -0.2) is 127 Å². The molecular weight excluding hydrogens is 606 g/mol. The number of ketones is 2. The number of ether oxygens (including phenoxy) is 4. The Kier molecular flexibility index (Phi) is 18.7. The normalized spacial score (nSPS) is 17.5. The summed E-state index contributed by atoms with van der Waals surface area (Å²) >= 11 is 1.00. The van der Waals surface area contributed by atoms with Crippen LogP contribution in [0.15, 0.2) is 0 Å². The molecule has 248 valence electrons. The molecule has 4 N–H and O–H groups in total. The fourth-order valence-electron chi connectivity index (χ4n) is 3.95. The first-order valence-corrected chi connectivity index (χ1v) is 15.0. The van der Waals surface area contributed by atoms with Gasteiger partial charge in [0.05, 0.1) is 38.9 Å². The van der Waals surface area contributed by atoms with E-state index in [-0.39, 0.29) is 82.9 Å². The number of likely N-dealkylation sites (tertiary alicyclic amines) is 1.